The molecule has 2 aromatic carbocycles. The lowest BCUT2D eigenvalue weighted by Crippen LogP contribution is -2.17. The average molecular weight is 462 g/mol. The molecule has 0 atom stereocenters. The number of halogens is 2. The van der Waals surface area contributed by atoms with Gasteiger partial charge in [0.05, 0.1) is 20.3 Å². The van der Waals surface area contributed by atoms with Gasteiger partial charge in [0, 0.05) is 5.69 Å². The fourth-order valence-electron chi connectivity index (χ4n) is 2.12. The number of sulfonamides is 1. The van der Waals surface area contributed by atoms with E-state index in [1.54, 1.807) is 30.3 Å². The lowest BCUT2D eigenvalue weighted by Gasteiger charge is -2.09. The van der Waals surface area contributed by atoms with E-state index >= 15 is 0 Å². The van der Waals surface area contributed by atoms with Crippen LogP contribution in [-0.4, -0.2) is 32.7 Å². The fraction of sp³-hybridized carbons (Fsp3) is 0.125. The first-order valence-electron chi connectivity index (χ1n) is 7.67. The molecule has 1 aromatic heterocycles. The fourth-order valence-corrected chi connectivity index (χ4v) is 4.10. The Kier molecular flexibility index (Phi) is 6.26. The van der Waals surface area contributed by atoms with Crippen molar-refractivity contribution >= 4 is 66.6 Å². The maximum Gasteiger partial charge on any atom is 0.411 e. The number of amides is 1. The number of hydrogen-bond donors (Lipinski definition) is 2. The molecule has 0 aliphatic carbocycles. The number of thiazole rings is 1. The molecule has 0 aliphatic heterocycles. The summed E-state index contributed by atoms with van der Waals surface area (Å²) in [6.07, 6.45) is -0.669. The number of carbonyl (C=O) groups excluding carboxylic acids is 1. The van der Waals surface area contributed by atoms with Crippen molar-refractivity contribution in [2.24, 2.45) is 5.14 Å². The van der Waals surface area contributed by atoms with Crippen molar-refractivity contribution < 1.29 is 22.7 Å². The topological polar surface area (TPSA) is 121 Å². The van der Waals surface area contributed by atoms with Gasteiger partial charge in [-0.25, -0.2) is 23.3 Å². The molecular weight excluding hydrogens is 449 g/mol. The number of nitrogens with two attached hydrogens (primary N) is 1. The van der Waals surface area contributed by atoms with E-state index < -0.39 is 16.1 Å². The van der Waals surface area contributed by atoms with Gasteiger partial charge >= 0.3 is 6.09 Å². The van der Waals surface area contributed by atoms with Crippen LogP contribution in [0.1, 0.15) is 0 Å². The standard InChI is InChI=1S/C16H13Cl2N3O5S2/c17-11-3-1-9(7-12(11)18)20-15(22)26-6-5-25-10-2-4-13-14(8-10)27-16(21-13)28(19,23)24/h1-4,7-8H,5-6H2,(H,20,22)(H2,19,23,24). The van der Waals surface area contributed by atoms with E-state index in [0.29, 0.717) is 31.7 Å². The molecule has 0 unspecified atom stereocenters. The molecule has 1 heterocycles. The SMILES string of the molecule is NS(=O)(=O)c1nc2ccc(OCCOC(=O)Nc3ccc(Cl)c(Cl)c3)cc2s1. The molecule has 3 N–H and O–H groups in total. The highest BCUT2D eigenvalue weighted by Gasteiger charge is 2.14. The van der Waals surface area contributed by atoms with Gasteiger partial charge in [-0.1, -0.05) is 23.2 Å². The molecule has 0 saturated heterocycles. The highest BCUT2D eigenvalue weighted by atomic mass is 35.5. The number of benzene rings is 2. The summed E-state index contributed by atoms with van der Waals surface area (Å²) in [4.78, 5) is 15.7. The Bertz CT molecular complexity index is 1130. The highest BCUT2D eigenvalue weighted by molar-refractivity contribution is 7.91. The third-order valence-corrected chi connectivity index (χ3v) is 6.41. The van der Waals surface area contributed by atoms with E-state index in [-0.39, 0.29) is 17.6 Å². The van der Waals surface area contributed by atoms with Crippen LogP contribution in [0.25, 0.3) is 10.2 Å². The van der Waals surface area contributed by atoms with Crippen molar-refractivity contribution in [2.45, 2.75) is 4.34 Å². The van der Waals surface area contributed by atoms with Gasteiger partial charge in [-0.2, -0.15) is 0 Å². The van der Waals surface area contributed by atoms with Gasteiger partial charge in [-0.3, -0.25) is 5.32 Å². The number of nitrogens with one attached hydrogen (secondary N) is 1. The molecule has 0 radical (unpaired) electrons. The zero-order valence-electron chi connectivity index (χ0n) is 14.0. The van der Waals surface area contributed by atoms with Crippen LogP contribution < -0.4 is 15.2 Å². The zero-order chi connectivity index (χ0) is 20.3. The molecule has 0 bridgehead atoms. The smallest absolute Gasteiger partial charge is 0.411 e. The largest absolute Gasteiger partial charge is 0.490 e. The zero-order valence-corrected chi connectivity index (χ0v) is 17.2. The first-order chi connectivity index (χ1) is 13.2. The second-order valence-electron chi connectivity index (χ2n) is 5.39. The maximum atomic E-state index is 11.8. The molecule has 0 spiro atoms. The van der Waals surface area contributed by atoms with Crippen molar-refractivity contribution in [1.29, 1.82) is 0 Å². The van der Waals surface area contributed by atoms with Gasteiger partial charge in [-0.15, -0.1) is 11.3 Å². The number of hydrogen-bond acceptors (Lipinski definition) is 7. The molecule has 3 aromatic rings. The van der Waals surface area contributed by atoms with Crippen LogP contribution in [0.2, 0.25) is 10.0 Å². The lowest BCUT2D eigenvalue weighted by molar-refractivity contribution is 0.138. The van der Waals surface area contributed by atoms with Crippen LogP contribution in [0.5, 0.6) is 5.75 Å². The minimum Gasteiger partial charge on any atom is -0.490 e. The quantitative estimate of drug-likeness (QED) is 0.537. The van der Waals surface area contributed by atoms with Crippen LogP contribution in [0, 0.1) is 0 Å². The number of nitrogens with zero attached hydrogens (tertiary/aromatic N) is 1. The first-order valence-corrected chi connectivity index (χ1v) is 10.8. The predicted molar refractivity (Wildman–Crippen MR) is 108 cm³/mol. The number of primary sulfonamides is 1. The van der Waals surface area contributed by atoms with Gasteiger partial charge < -0.3 is 9.47 Å². The average Bonchev–Trinajstić information content (AvgIpc) is 3.06. The molecule has 0 fully saturated rings. The molecule has 12 heteroatoms. The molecule has 148 valence electrons. The van der Waals surface area contributed by atoms with Crippen molar-refractivity contribution in [2.75, 3.05) is 18.5 Å². The summed E-state index contributed by atoms with van der Waals surface area (Å²) in [7, 11) is -3.85. The second-order valence-corrected chi connectivity index (χ2v) is 8.97. The van der Waals surface area contributed by atoms with Crippen molar-refractivity contribution in [3.63, 3.8) is 0 Å². The molecule has 1 amide bonds. The monoisotopic (exact) mass is 461 g/mol. The van der Waals surface area contributed by atoms with Crippen LogP contribution >= 0.6 is 34.5 Å². The van der Waals surface area contributed by atoms with Crippen molar-refractivity contribution in [3.05, 3.63) is 46.4 Å². The van der Waals surface area contributed by atoms with Crippen LogP contribution in [0.3, 0.4) is 0 Å². The molecule has 3 rings (SSSR count). The minimum atomic E-state index is -3.85. The molecule has 0 saturated carbocycles. The van der Waals surface area contributed by atoms with Crippen LogP contribution in [0.4, 0.5) is 10.5 Å². The molecular formula is C16H13Cl2N3O5S2. The van der Waals surface area contributed by atoms with E-state index in [2.05, 4.69) is 10.3 Å². The maximum absolute atomic E-state index is 11.8. The third kappa shape index (κ3) is 5.24. The molecule has 0 aliphatic rings. The summed E-state index contributed by atoms with van der Waals surface area (Å²) in [5, 5.41) is 8.28. The number of aromatic nitrogens is 1. The van der Waals surface area contributed by atoms with Crippen LogP contribution in [-0.2, 0) is 14.8 Å². The Morgan fingerprint density at radius 2 is 1.93 bits per heavy atom. The minimum absolute atomic E-state index is 0.00366. The molecule has 28 heavy (non-hydrogen) atoms. The highest BCUT2D eigenvalue weighted by Crippen LogP contribution is 2.28. The van der Waals surface area contributed by atoms with E-state index in [1.807, 2.05) is 0 Å². The lowest BCUT2D eigenvalue weighted by atomic mass is 10.3. The number of ether oxygens (including phenoxy) is 2. The van der Waals surface area contributed by atoms with E-state index in [9.17, 15) is 13.2 Å². The van der Waals surface area contributed by atoms with Gasteiger partial charge in [-0.05, 0) is 36.4 Å². The van der Waals surface area contributed by atoms with Crippen LogP contribution in [0.15, 0.2) is 40.7 Å². The predicted octanol–water partition coefficient (Wildman–Crippen LogP) is 3.88. The first kappa shape index (κ1) is 20.6. The van der Waals surface area contributed by atoms with E-state index in [4.69, 9.17) is 37.8 Å². The van der Waals surface area contributed by atoms with Gasteiger partial charge in [0.2, 0.25) is 4.34 Å². The van der Waals surface area contributed by atoms with Gasteiger partial charge in [0.25, 0.3) is 10.0 Å². The normalized spacial score (nSPS) is 11.4. The Labute approximate surface area is 174 Å². The number of rotatable bonds is 6. The Hall–Kier alpha value is -2.11. The summed E-state index contributed by atoms with van der Waals surface area (Å²) in [5.74, 6) is 0.477. The van der Waals surface area contributed by atoms with Crippen molar-refractivity contribution in [3.8, 4) is 5.75 Å². The number of anilines is 1. The Morgan fingerprint density at radius 1 is 1.14 bits per heavy atom. The van der Waals surface area contributed by atoms with E-state index in [0.717, 1.165) is 11.3 Å². The Balaban J connectivity index is 1.50. The summed E-state index contributed by atoms with van der Waals surface area (Å²) < 4.78 is 33.7. The number of fused-ring (bicyclic) bond motifs is 1. The van der Waals surface area contributed by atoms with Gasteiger partial charge in [0.1, 0.15) is 19.0 Å². The third-order valence-electron chi connectivity index (χ3n) is 3.33. The summed E-state index contributed by atoms with van der Waals surface area (Å²) in [6.45, 7) is 0.0947. The van der Waals surface area contributed by atoms with E-state index in [1.165, 1.54) is 6.07 Å². The summed E-state index contributed by atoms with van der Waals surface area (Å²) in [5.41, 5.74) is 0.945. The summed E-state index contributed by atoms with van der Waals surface area (Å²) in [6, 6.07) is 9.53. The summed E-state index contributed by atoms with van der Waals surface area (Å²) >= 11 is 12.6. The second kappa shape index (κ2) is 8.50. The Morgan fingerprint density at radius 3 is 2.64 bits per heavy atom. The van der Waals surface area contributed by atoms with Crippen molar-refractivity contribution in [1.82, 2.24) is 4.98 Å². The number of carbonyl (C=O) groups is 1. The van der Waals surface area contributed by atoms with Gasteiger partial charge in [0.15, 0.2) is 0 Å². The molecule has 8 nitrogen and oxygen atoms in total.